The molecule has 0 aromatic carbocycles. The molecular formula is C17H23N3O2S. The topological polar surface area (TPSA) is 55.6 Å². The van der Waals surface area contributed by atoms with Crippen molar-refractivity contribution in [1.29, 1.82) is 0 Å². The molecule has 2 aromatic rings. The lowest BCUT2D eigenvalue weighted by Gasteiger charge is -2.54. The van der Waals surface area contributed by atoms with Crippen molar-refractivity contribution in [3.8, 4) is 0 Å². The van der Waals surface area contributed by atoms with Gasteiger partial charge in [-0.3, -0.25) is 9.20 Å². The van der Waals surface area contributed by atoms with Crippen molar-refractivity contribution in [2.24, 2.45) is 5.41 Å². The highest BCUT2D eigenvalue weighted by Gasteiger charge is 2.57. The van der Waals surface area contributed by atoms with E-state index in [9.17, 15) is 4.79 Å². The first-order valence-corrected chi connectivity index (χ1v) is 9.41. The second-order valence-electron chi connectivity index (χ2n) is 6.74. The van der Waals surface area contributed by atoms with E-state index in [1.54, 1.807) is 11.3 Å². The first kappa shape index (κ1) is 15.1. The molecule has 2 saturated carbocycles. The lowest BCUT2D eigenvalue weighted by atomic mass is 9.60. The fourth-order valence-electron chi connectivity index (χ4n) is 4.36. The average Bonchev–Trinajstić information content (AvgIpc) is 3.22. The van der Waals surface area contributed by atoms with E-state index in [-0.39, 0.29) is 17.4 Å². The maximum Gasteiger partial charge on any atom is 0.226 e. The molecule has 23 heavy (non-hydrogen) atoms. The summed E-state index contributed by atoms with van der Waals surface area (Å²) in [7, 11) is 0. The minimum absolute atomic E-state index is 0.0852. The van der Waals surface area contributed by atoms with E-state index in [1.807, 2.05) is 22.2 Å². The van der Waals surface area contributed by atoms with Crippen LogP contribution in [0.5, 0.6) is 0 Å². The number of amides is 1. The van der Waals surface area contributed by atoms with E-state index in [4.69, 9.17) is 4.74 Å². The number of aromatic nitrogens is 2. The molecule has 0 saturated heterocycles. The number of nitrogens with one attached hydrogen (secondary N) is 1. The Morgan fingerprint density at radius 3 is 3.09 bits per heavy atom. The summed E-state index contributed by atoms with van der Waals surface area (Å²) >= 11 is 1.59. The van der Waals surface area contributed by atoms with Crippen LogP contribution in [0.3, 0.4) is 0 Å². The molecule has 0 bridgehead atoms. The van der Waals surface area contributed by atoms with Crippen molar-refractivity contribution in [2.75, 3.05) is 6.61 Å². The van der Waals surface area contributed by atoms with E-state index in [0.717, 1.165) is 23.7 Å². The van der Waals surface area contributed by atoms with E-state index >= 15 is 0 Å². The number of hydrogen-bond acceptors (Lipinski definition) is 4. The summed E-state index contributed by atoms with van der Waals surface area (Å²) in [5.41, 5.74) is 1.04. The van der Waals surface area contributed by atoms with Crippen LogP contribution in [0.15, 0.2) is 17.8 Å². The Bertz CT molecular complexity index is 673. The fourth-order valence-corrected chi connectivity index (χ4v) is 5.08. The van der Waals surface area contributed by atoms with Crippen molar-refractivity contribution in [2.45, 2.75) is 57.6 Å². The first-order valence-electron chi connectivity index (χ1n) is 8.53. The van der Waals surface area contributed by atoms with E-state index in [2.05, 4.69) is 17.2 Å². The molecule has 1 spiro atoms. The number of carbonyl (C=O) groups is 1. The van der Waals surface area contributed by atoms with Crippen molar-refractivity contribution >= 4 is 22.2 Å². The van der Waals surface area contributed by atoms with Gasteiger partial charge in [0.25, 0.3) is 0 Å². The Morgan fingerprint density at radius 2 is 2.35 bits per heavy atom. The van der Waals surface area contributed by atoms with Gasteiger partial charge in [0.2, 0.25) is 5.91 Å². The number of thiazole rings is 1. The van der Waals surface area contributed by atoms with E-state index in [0.29, 0.717) is 12.5 Å². The number of imidazole rings is 1. The SMILES string of the molecule is CCO[C@H]1C[C@H](NC(=O)Cc2cn3ccsc3n2)C12CCCC2. The summed E-state index contributed by atoms with van der Waals surface area (Å²) in [6.07, 6.45) is 10.4. The zero-order chi connectivity index (χ0) is 15.9. The van der Waals surface area contributed by atoms with Crippen LogP contribution < -0.4 is 5.32 Å². The Labute approximate surface area is 140 Å². The van der Waals surface area contributed by atoms with Crippen LogP contribution in [0, 0.1) is 5.41 Å². The summed E-state index contributed by atoms with van der Waals surface area (Å²) < 4.78 is 7.88. The van der Waals surface area contributed by atoms with Gasteiger partial charge in [-0.25, -0.2) is 4.98 Å². The van der Waals surface area contributed by atoms with Crippen LogP contribution in [-0.4, -0.2) is 34.0 Å². The lowest BCUT2D eigenvalue weighted by molar-refractivity contribution is -0.143. The Balaban J connectivity index is 1.39. The molecule has 5 nitrogen and oxygen atoms in total. The molecule has 124 valence electrons. The minimum Gasteiger partial charge on any atom is -0.378 e. The molecule has 0 unspecified atom stereocenters. The van der Waals surface area contributed by atoms with Crippen LogP contribution in [0.4, 0.5) is 0 Å². The quantitative estimate of drug-likeness (QED) is 0.915. The number of carbonyl (C=O) groups excluding carboxylic acids is 1. The van der Waals surface area contributed by atoms with Crippen molar-refractivity contribution in [3.63, 3.8) is 0 Å². The van der Waals surface area contributed by atoms with Gasteiger partial charge >= 0.3 is 0 Å². The highest BCUT2D eigenvalue weighted by atomic mass is 32.1. The summed E-state index contributed by atoms with van der Waals surface area (Å²) in [5.74, 6) is 0.0852. The fraction of sp³-hybridized carbons (Fsp3) is 0.647. The summed E-state index contributed by atoms with van der Waals surface area (Å²) in [6.45, 7) is 2.82. The molecule has 1 N–H and O–H groups in total. The predicted molar refractivity (Wildman–Crippen MR) is 89.6 cm³/mol. The second-order valence-corrected chi connectivity index (χ2v) is 7.61. The van der Waals surface area contributed by atoms with Gasteiger partial charge in [-0.15, -0.1) is 11.3 Å². The standard InChI is InChI=1S/C17H23N3O2S/c1-2-22-14-10-13(17(14)5-3-4-6-17)19-15(21)9-12-11-20-7-8-23-16(20)18-12/h7-8,11,13-14H,2-6,9-10H2,1H3,(H,19,21)/t13-,14-/m0/s1. The maximum absolute atomic E-state index is 12.4. The lowest BCUT2D eigenvalue weighted by Crippen LogP contribution is -2.63. The molecular weight excluding hydrogens is 310 g/mol. The summed E-state index contributed by atoms with van der Waals surface area (Å²) in [4.78, 5) is 17.9. The van der Waals surface area contributed by atoms with Gasteiger partial charge < -0.3 is 10.1 Å². The monoisotopic (exact) mass is 333 g/mol. The van der Waals surface area contributed by atoms with Crippen LogP contribution in [0.25, 0.3) is 4.96 Å². The van der Waals surface area contributed by atoms with Gasteiger partial charge in [0.1, 0.15) is 0 Å². The normalized spacial score (nSPS) is 25.8. The summed E-state index contributed by atoms with van der Waals surface area (Å²) in [6, 6.07) is 0.276. The highest BCUT2D eigenvalue weighted by molar-refractivity contribution is 7.15. The third-order valence-corrected chi connectivity index (χ3v) is 6.28. The minimum atomic E-state index is 0.0852. The van der Waals surface area contributed by atoms with Gasteiger partial charge in [-0.05, 0) is 26.2 Å². The van der Waals surface area contributed by atoms with Gasteiger partial charge in [-0.2, -0.15) is 0 Å². The Kier molecular flexibility index (Phi) is 3.89. The van der Waals surface area contributed by atoms with Crippen LogP contribution >= 0.6 is 11.3 Å². The van der Waals surface area contributed by atoms with Crippen LogP contribution in [0.2, 0.25) is 0 Å². The van der Waals surface area contributed by atoms with Crippen LogP contribution in [-0.2, 0) is 16.0 Å². The second kappa shape index (κ2) is 5.91. The number of hydrogen-bond donors (Lipinski definition) is 1. The molecule has 0 radical (unpaired) electrons. The van der Waals surface area contributed by atoms with Crippen LogP contribution in [0.1, 0.15) is 44.7 Å². The smallest absolute Gasteiger partial charge is 0.226 e. The average molecular weight is 333 g/mol. The number of rotatable bonds is 5. The first-order chi connectivity index (χ1) is 11.2. The third kappa shape index (κ3) is 2.58. The molecule has 2 aliphatic carbocycles. The van der Waals surface area contributed by atoms with Gasteiger partial charge in [0.15, 0.2) is 4.96 Å². The zero-order valence-electron chi connectivity index (χ0n) is 13.5. The highest BCUT2D eigenvalue weighted by Crippen LogP contribution is 2.54. The Morgan fingerprint density at radius 1 is 1.52 bits per heavy atom. The van der Waals surface area contributed by atoms with Gasteiger partial charge in [0.05, 0.1) is 18.2 Å². The largest absolute Gasteiger partial charge is 0.378 e. The van der Waals surface area contributed by atoms with E-state index < -0.39 is 0 Å². The Hall–Kier alpha value is -1.40. The molecule has 0 aliphatic heterocycles. The molecule has 4 rings (SSSR count). The van der Waals surface area contributed by atoms with Crippen molar-refractivity contribution < 1.29 is 9.53 Å². The van der Waals surface area contributed by atoms with Crippen molar-refractivity contribution in [1.82, 2.24) is 14.7 Å². The molecule has 1 amide bonds. The van der Waals surface area contributed by atoms with Gasteiger partial charge in [-0.1, -0.05) is 12.8 Å². The maximum atomic E-state index is 12.4. The number of ether oxygens (including phenoxy) is 1. The number of fused-ring (bicyclic) bond motifs is 1. The summed E-state index contributed by atoms with van der Waals surface area (Å²) in [5, 5.41) is 5.26. The molecule has 2 heterocycles. The predicted octanol–water partition coefficient (Wildman–Crippen LogP) is 2.79. The molecule has 2 aliphatic rings. The van der Waals surface area contributed by atoms with Crippen molar-refractivity contribution in [3.05, 3.63) is 23.5 Å². The molecule has 2 aromatic heterocycles. The third-order valence-electron chi connectivity index (χ3n) is 5.51. The zero-order valence-corrected chi connectivity index (χ0v) is 14.3. The molecule has 6 heteroatoms. The molecule has 2 fully saturated rings. The molecule has 2 atom stereocenters. The van der Waals surface area contributed by atoms with Gasteiger partial charge in [0, 0.05) is 35.8 Å². The number of nitrogens with zero attached hydrogens (tertiary/aromatic N) is 2. The van der Waals surface area contributed by atoms with E-state index in [1.165, 1.54) is 25.7 Å².